The quantitative estimate of drug-likeness (QED) is 0.208. The van der Waals surface area contributed by atoms with Crippen LogP contribution in [0.5, 0.6) is 11.5 Å². The van der Waals surface area contributed by atoms with E-state index in [1.165, 1.54) is 4.90 Å². The number of hydrogen-bond acceptors (Lipinski definition) is 6. The highest BCUT2D eigenvalue weighted by Crippen LogP contribution is 2.31. The van der Waals surface area contributed by atoms with Crippen molar-refractivity contribution in [3.8, 4) is 22.9 Å². The van der Waals surface area contributed by atoms with Crippen LogP contribution in [0.15, 0.2) is 108 Å². The lowest BCUT2D eigenvalue weighted by molar-refractivity contribution is -0.121. The highest BCUT2D eigenvalue weighted by molar-refractivity contribution is 6.07. The lowest BCUT2D eigenvalue weighted by Crippen LogP contribution is -2.41. The molecule has 1 aliphatic rings. The number of nitrogens with zero attached hydrogens (tertiary/aromatic N) is 3. The maximum absolute atomic E-state index is 13.5. The first-order valence-electron chi connectivity index (χ1n) is 14.1. The third-order valence-electron chi connectivity index (χ3n) is 7.23. The van der Waals surface area contributed by atoms with Crippen LogP contribution in [0.4, 0.5) is 5.69 Å². The van der Waals surface area contributed by atoms with E-state index in [9.17, 15) is 14.4 Å². The Hall–Kier alpha value is -5.50. The molecule has 0 atom stereocenters. The Labute approximate surface area is 248 Å². The molecule has 43 heavy (non-hydrogen) atoms. The fourth-order valence-corrected chi connectivity index (χ4v) is 5.06. The van der Waals surface area contributed by atoms with Crippen LogP contribution in [-0.2, 0) is 11.3 Å². The van der Waals surface area contributed by atoms with Gasteiger partial charge < -0.3 is 9.47 Å². The molecule has 8 heteroatoms. The molecule has 5 aromatic rings. The Kier molecular flexibility index (Phi) is 7.82. The van der Waals surface area contributed by atoms with Gasteiger partial charge in [-0.1, -0.05) is 60.7 Å². The van der Waals surface area contributed by atoms with Gasteiger partial charge in [-0.25, -0.2) is 4.98 Å². The molecule has 1 amide bonds. The number of amides is 1. The molecule has 0 N–H and O–H groups in total. The number of para-hydroxylation sites is 3. The monoisotopic (exact) mass is 571 g/mol. The summed E-state index contributed by atoms with van der Waals surface area (Å²) >= 11 is 0. The van der Waals surface area contributed by atoms with Gasteiger partial charge in [0, 0.05) is 17.7 Å². The number of ether oxygens (including phenoxy) is 2. The van der Waals surface area contributed by atoms with Crippen molar-refractivity contribution in [2.24, 2.45) is 0 Å². The van der Waals surface area contributed by atoms with Crippen molar-refractivity contribution >= 4 is 34.4 Å². The summed E-state index contributed by atoms with van der Waals surface area (Å²) in [6.07, 6.45) is 3.80. The van der Waals surface area contributed by atoms with Gasteiger partial charge in [0.2, 0.25) is 0 Å². The number of rotatable bonds is 9. The largest absolute Gasteiger partial charge is 0.494 e. The van der Waals surface area contributed by atoms with Gasteiger partial charge in [0.15, 0.2) is 12.4 Å². The average Bonchev–Trinajstić information content (AvgIpc) is 3.04. The van der Waals surface area contributed by atoms with Crippen molar-refractivity contribution < 1.29 is 19.1 Å². The molecule has 214 valence electrons. The van der Waals surface area contributed by atoms with Crippen LogP contribution in [0, 0.1) is 0 Å². The fourth-order valence-electron chi connectivity index (χ4n) is 5.06. The molecule has 0 bridgehead atoms. The summed E-state index contributed by atoms with van der Waals surface area (Å²) < 4.78 is 12.7. The minimum Gasteiger partial charge on any atom is -0.494 e. The van der Waals surface area contributed by atoms with Crippen molar-refractivity contribution in [1.29, 1.82) is 0 Å². The molecule has 1 aromatic heterocycles. The minimum absolute atomic E-state index is 0.0689. The summed E-state index contributed by atoms with van der Waals surface area (Å²) in [6.45, 7) is 2.64. The second-order valence-corrected chi connectivity index (χ2v) is 10.0. The summed E-state index contributed by atoms with van der Waals surface area (Å²) in [6, 6.07) is 29.2. The van der Waals surface area contributed by atoms with Gasteiger partial charge in [0.05, 0.1) is 29.7 Å². The molecule has 0 spiro atoms. The van der Waals surface area contributed by atoms with Crippen LogP contribution in [0.25, 0.3) is 28.4 Å². The van der Waals surface area contributed by atoms with Gasteiger partial charge in [-0.2, -0.15) is 0 Å². The van der Waals surface area contributed by atoms with E-state index in [2.05, 4.69) is 0 Å². The smallest absolute Gasteiger partial charge is 0.265 e. The molecule has 0 unspecified atom stereocenters. The first-order valence-corrected chi connectivity index (χ1v) is 14.1. The van der Waals surface area contributed by atoms with Crippen LogP contribution >= 0.6 is 0 Å². The van der Waals surface area contributed by atoms with Gasteiger partial charge in [0.1, 0.15) is 17.3 Å². The summed E-state index contributed by atoms with van der Waals surface area (Å²) in [5, 5.41) is 0.551. The predicted octanol–water partition coefficient (Wildman–Crippen LogP) is 5.78. The lowest BCUT2D eigenvalue weighted by Gasteiger charge is -2.28. The number of carbonyl (C=O) groups is 2. The SMILES string of the molecule is CCOc1ccc(-c2nc3ccccc3c(=O)n2C/C=C/c2ccc(C(=O)CN3C(=O)COc4ccccc43)cc2)cc1. The average molecular weight is 572 g/mol. The molecule has 2 heterocycles. The number of allylic oxidation sites excluding steroid dienone is 1. The molecule has 0 saturated carbocycles. The van der Waals surface area contributed by atoms with Crippen molar-refractivity contribution in [2.75, 3.05) is 24.7 Å². The van der Waals surface area contributed by atoms with E-state index in [0.29, 0.717) is 46.9 Å². The number of ketones is 1. The third kappa shape index (κ3) is 5.81. The van der Waals surface area contributed by atoms with Gasteiger partial charge in [-0.15, -0.1) is 0 Å². The Morgan fingerprint density at radius 1 is 0.930 bits per heavy atom. The van der Waals surface area contributed by atoms with E-state index >= 15 is 0 Å². The Morgan fingerprint density at radius 2 is 1.67 bits per heavy atom. The van der Waals surface area contributed by atoms with E-state index in [1.807, 2.05) is 85.8 Å². The first-order chi connectivity index (χ1) is 21.0. The summed E-state index contributed by atoms with van der Waals surface area (Å²) in [5.41, 5.74) is 3.28. The van der Waals surface area contributed by atoms with E-state index < -0.39 is 0 Å². The van der Waals surface area contributed by atoms with Gasteiger partial charge in [0.25, 0.3) is 11.5 Å². The van der Waals surface area contributed by atoms with Crippen molar-refractivity contribution in [3.63, 3.8) is 0 Å². The fraction of sp³-hybridized carbons (Fsp3) is 0.143. The second kappa shape index (κ2) is 12.2. The van der Waals surface area contributed by atoms with Crippen LogP contribution in [0.2, 0.25) is 0 Å². The zero-order valence-corrected chi connectivity index (χ0v) is 23.6. The number of fused-ring (bicyclic) bond motifs is 2. The number of Topliss-reactive ketones (excluding diaryl/α,β-unsaturated/α-hetero) is 1. The number of carbonyl (C=O) groups excluding carboxylic acids is 2. The summed E-state index contributed by atoms with van der Waals surface area (Å²) in [7, 11) is 0. The molecule has 8 nitrogen and oxygen atoms in total. The Morgan fingerprint density at radius 3 is 2.47 bits per heavy atom. The van der Waals surface area contributed by atoms with Crippen molar-refractivity contribution in [3.05, 3.63) is 125 Å². The molecular formula is C35H29N3O5. The molecule has 4 aromatic carbocycles. The Bertz CT molecular complexity index is 1890. The zero-order chi connectivity index (χ0) is 29.8. The third-order valence-corrected chi connectivity index (χ3v) is 7.23. The zero-order valence-electron chi connectivity index (χ0n) is 23.6. The van der Waals surface area contributed by atoms with Crippen molar-refractivity contribution in [1.82, 2.24) is 9.55 Å². The minimum atomic E-state index is -0.255. The number of anilines is 1. The van der Waals surface area contributed by atoms with Crippen molar-refractivity contribution in [2.45, 2.75) is 13.5 Å². The maximum Gasteiger partial charge on any atom is 0.265 e. The molecule has 0 fully saturated rings. The van der Waals surface area contributed by atoms with Crippen LogP contribution < -0.4 is 19.9 Å². The number of hydrogen-bond donors (Lipinski definition) is 0. The van der Waals surface area contributed by atoms with Gasteiger partial charge in [-0.3, -0.25) is 23.9 Å². The van der Waals surface area contributed by atoms with Crippen LogP contribution in [-0.4, -0.2) is 41.0 Å². The van der Waals surface area contributed by atoms with E-state index in [0.717, 1.165) is 16.9 Å². The van der Waals surface area contributed by atoms with Gasteiger partial charge in [-0.05, 0) is 61.0 Å². The molecule has 0 radical (unpaired) electrons. The van der Waals surface area contributed by atoms with Gasteiger partial charge >= 0.3 is 0 Å². The first kappa shape index (κ1) is 27.7. The van der Waals surface area contributed by atoms with Crippen LogP contribution in [0.1, 0.15) is 22.8 Å². The molecule has 0 aliphatic carbocycles. The molecule has 0 saturated heterocycles. The van der Waals surface area contributed by atoms with Crippen LogP contribution in [0.3, 0.4) is 0 Å². The Balaban J connectivity index is 1.21. The molecular weight excluding hydrogens is 542 g/mol. The normalized spacial score (nSPS) is 12.8. The second-order valence-electron chi connectivity index (χ2n) is 10.0. The highest BCUT2D eigenvalue weighted by atomic mass is 16.5. The topological polar surface area (TPSA) is 90.7 Å². The lowest BCUT2D eigenvalue weighted by atomic mass is 10.1. The predicted molar refractivity (Wildman–Crippen MR) is 167 cm³/mol. The summed E-state index contributed by atoms with van der Waals surface area (Å²) in [5.74, 6) is 1.48. The standard InChI is InChI=1S/C35H29N3O5/c1-2-42-27-19-17-26(18-20-27)34-36-29-10-4-3-9-28(29)35(41)37(34)21-7-8-24-13-15-25(16-14-24)31(39)22-38-30-11-5-6-12-32(30)43-23-33(38)40/h3-20H,2,21-23H2,1H3/b8-7+. The number of benzene rings is 4. The van der Waals surface area contributed by atoms with E-state index in [4.69, 9.17) is 14.5 Å². The molecule has 6 rings (SSSR count). The van der Waals surface area contributed by atoms with E-state index in [-0.39, 0.29) is 30.4 Å². The molecule has 1 aliphatic heterocycles. The van der Waals surface area contributed by atoms with E-state index in [1.54, 1.807) is 34.9 Å². The number of aromatic nitrogens is 2. The maximum atomic E-state index is 13.5. The highest BCUT2D eigenvalue weighted by Gasteiger charge is 2.27. The summed E-state index contributed by atoms with van der Waals surface area (Å²) in [4.78, 5) is 45.3.